The third-order valence-corrected chi connectivity index (χ3v) is 6.52. The van der Waals surface area contributed by atoms with Crippen LogP contribution in [0.4, 0.5) is 0 Å². The highest BCUT2D eigenvalue weighted by Gasteiger charge is 2.23. The number of nitrogens with zero attached hydrogens (tertiary/aromatic N) is 2. The lowest BCUT2D eigenvalue weighted by Crippen LogP contribution is -2.40. The van der Waals surface area contributed by atoms with Crippen molar-refractivity contribution >= 4 is 15.9 Å². The van der Waals surface area contributed by atoms with Gasteiger partial charge in [-0.05, 0) is 19.4 Å². The first-order valence-corrected chi connectivity index (χ1v) is 10.9. The van der Waals surface area contributed by atoms with Crippen molar-refractivity contribution in [1.29, 1.82) is 0 Å². The summed E-state index contributed by atoms with van der Waals surface area (Å²) in [6, 6.07) is 2.19. The zero-order chi connectivity index (χ0) is 20.7. The predicted molar refractivity (Wildman–Crippen MR) is 104 cm³/mol. The van der Waals surface area contributed by atoms with E-state index >= 15 is 0 Å². The molecule has 1 aliphatic rings. The average Bonchev–Trinajstić information content (AvgIpc) is 3.16. The number of nitrogens with one attached hydrogen (secondary N) is 1. The highest BCUT2D eigenvalue weighted by atomic mass is 32.2. The van der Waals surface area contributed by atoms with E-state index in [0.717, 1.165) is 17.1 Å². The second kappa shape index (κ2) is 10.1. The fraction of sp³-hybridized carbons (Fsp3) is 0.667. The Morgan fingerprint density at radius 3 is 2.71 bits per heavy atom. The Hall–Kier alpha value is -1.75. The average molecular weight is 416 g/mol. The molecule has 9 nitrogen and oxygen atoms in total. The zero-order valence-electron chi connectivity index (χ0n) is 16.6. The predicted octanol–water partition coefficient (Wildman–Crippen LogP) is 0.189. The van der Waals surface area contributed by atoms with Crippen LogP contribution in [0.3, 0.4) is 0 Å². The van der Waals surface area contributed by atoms with Gasteiger partial charge >= 0.3 is 0 Å². The van der Waals surface area contributed by atoms with E-state index in [-0.39, 0.29) is 23.6 Å². The summed E-state index contributed by atoms with van der Waals surface area (Å²) in [6.07, 6.45) is 2.10. The number of rotatable bonds is 10. The monoisotopic (exact) mass is 415 g/mol. The van der Waals surface area contributed by atoms with Gasteiger partial charge in [-0.1, -0.05) is 13.8 Å². The number of hydrogen-bond donors (Lipinski definition) is 1. The number of amides is 1. The molecule has 0 bridgehead atoms. The van der Waals surface area contributed by atoms with Gasteiger partial charge in [0.25, 0.3) is 5.56 Å². The molecule has 1 fully saturated rings. The van der Waals surface area contributed by atoms with Crippen LogP contribution in [-0.4, -0.2) is 68.3 Å². The van der Waals surface area contributed by atoms with E-state index < -0.39 is 21.5 Å². The largest absolute Gasteiger partial charge is 0.379 e. The second-order valence-electron chi connectivity index (χ2n) is 6.71. The maximum Gasteiger partial charge on any atom is 0.251 e. The topological polar surface area (TPSA) is 107 Å². The Bertz CT molecular complexity index is 813. The van der Waals surface area contributed by atoms with Crippen molar-refractivity contribution in [2.75, 3.05) is 32.9 Å². The minimum Gasteiger partial charge on any atom is -0.379 e. The van der Waals surface area contributed by atoms with Crippen molar-refractivity contribution in [3.8, 4) is 0 Å². The first kappa shape index (κ1) is 22.5. The van der Waals surface area contributed by atoms with Crippen LogP contribution in [0.1, 0.15) is 27.2 Å². The van der Waals surface area contributed by atoms with E-state index in [1.165, 1.54) is 16.6 Å². The third kappa shape index (κ3) is 5.87. The lowest BCUT2D eigenvalue weighted by molar-refractivity contribution is -0.123. The summed E-state index contributed by atoms with van der Waals surface area (Å²) in [6.45, 7) is 7.24. The molecule has 1 N–H and O–H groups in total. The summed E-state index contributed by atoms with van der Waals surface area (Å²) in [4.78, 5) is 24.3. The summed E-state index contributed by atoms with van der Waals surface area (Å²) >= 11 is 0. The minimum absolute atomic E-state index is 0.0128. The van der Waals surface area contributed by atoms with Gasteiger partial charge in [0, 0.05) is 38.0 Å². The molecule has 2 rings (SSSR count). The Morgan fingerprint density at radius 2 is 2.11 bits per heavy atom. The van der Waals surface area contributed by atoms with Crippen molar-refractivity contribution in [1.82, 2.24) is 14.2 Å². The SMILES string of the molecule is CCN(CC)S(=O)(=O)c1ccc(=O)n(CC(=O)NC(C)COC2CCOC2)c1. The number of aromatic nitrogens is 1. The fourth-order valence-corrected chi connectivity index (χ4v) is 4.42. The Labute approximate surface area is 165 Å². The van der Waals surface area contributed by atoms with Crippen molar-refractivity contribution in [2.45, 2.75) is 50.8 Å². The van der Waals surface area contributed by atoms with E-state index in [1.54, 1.807) is 20.8 Å². The number of pyridine rings is 1. The third-order valence-electron chi connectivity index (χ3n) is 4.49. The molecule has 2 atom stereocenters. The van der Waals surface area contributed by atoms with Crippen LogP contribution in [0.15, 0.2) is 28.0 Å². The van der Waals surface area contributed by atoms with E-state index in [0.29, 0.717) is 32.9 Å². The van der Waals surface area contributed by atoms with E-state index in [9.17, 15) is 18.0 Å². The van der Waals surface area contributed by atoms with Crippen LogP contribution >= 0.6 is 0 Å². The zero-order valence-corrected chi connectivity index (χ0v) is 17.4. The molecule has 2 heterocycles. The molecule has 2 unspecified atom stereocenters. The molecule has 1 aliphatic heterocycles. The summed E-state index contributed by atoms with van der Waals surface area (Å²) in [5.74, 6) is -0.391. The van der Waals surface area contributed by atoms with Gasteiger partial charge in [0.15, 0.2) is 0 Å². The lowest BCUT2D eigenvalue weighted by Gasteiger charge is -2.19. The standard InChI is InChI=1S/C18H29N3O6S/c1-4-21(5-2)28(24,25)16-6-7-18(23)20(10-16)11-17(22)19-14(3)12-27-15-8-9-26-13-15/h6-7,10,14-15H,4-5,8-9,11-13H2,1-3H3,(H,19,22). The minimum atomic E-state index is -3.71. The van der Waals surface area contributed by atoms with Gasteiger partial charge in [0.1, 0.15) is 6.54 Å². The number of carbonyl (C=O) groups is 1. The molecule has 158 valence electrons. The highest BCUT2D eigenvalue weighted by molar-refractivity contribution is 7.89. The van der Waals surface area contributed by atoms with Crippen LogP contribution in [0.5, 0.6) is 0 Å². The first-order valence-electron chi connectivity index (χ1n) is 9.47. The molecule has 28 heavy (non-hydrogen) atoms. The van der Waals surface area contributed by atoms with E-state index in [4.69, 9.17) is 9.47 Å². The van der Waals surface area contributed by atoms with Gasteiger partial charge in [-0.15, -0.1) is 0 Å². The van der Waals surface area contributed by atoms with E-state index in [1.807, 2.05) is 0 Å². The van der Waals surface area contributed by atoms with Crippen LogP contribution in [0.2, 0.25) is 0 Å². The molecule has 1 saturated heterocycles. The Morgan fingerprint density at radius 1 is 1.39 bits per heavy atom. The van der Waals surface area contributed by atoms with Crippen LogP contribution in [0.25, 0.3) is 0 Å². The van der Waals surface area contributed by atoms with Crippen LogP contribution in [0, 0.1) is 0 Å². The molecular weight excluding hydrogens is 386 g/mol. The molecule has 0 radical (unpaired) electrons. The molecule has 0 aromatic carbocycles. The number of ether oxygens (including phenoxy) is 2. The normalized spacial score (nSPS) is 18.4. The summed E-state index contributed by atoms with van der Waals surface area (Å²) in [5.41, 5.74) is -0.444. The van der Waals surface area contributed by atoms with Crippen molar-refractivity contribution in [3.63, 3.8) is 0 Å². The highest BCUT2D eigenvalue weighted by Crippen LogP contribution is 2.13. The maximum absolute atomic E-state index is 12.6. The van der Waals surface area contributed by atoms with Crippen molar-refractivity contribution in [3.05, 3.63) is 28.7 Å². The summed E-state index contributed by atoms with van der Waals surface area (Å²) in [7, 11) is -3.71. The molecular formula is C18H29N3O6S. The number of carbonyl (C=O) groups excluding carboxylic acids is 1. The van der Waals surface area contributed by atoms with E-state index in [2.05, 4.69) is 5.32 Å². The van der Waals surface area contributed by atoms with Gasteiger partial charge in [-0.25, -0.2) is 8.42 Å². The van der Waals surface area contributed by atoms with Gasteiger partial charge in [0.2, 0.25) is 15.9 Å². The first-order chi connectivity index (χ1) is 13.3. The molecule has 1 amide bonds. The fourth-order valence-electron chi connectivity index (χ4n) is 2.94. The summed E-state index contributed by atoms with van der Waals surface area (Å²) in [5, 5.41) is 2.76. The van der Waals surface area contributed by atoms with Gasteiger partial charge in [-0.2, -0.15) is 4.31 Å². The second-order valence-corrected chi connectivity index (χ2v) is 8.65. The van der Waals surface area contributed by atoms with Crippen molar-refractivity contribution < 1.29 is 22.7 Å². The molecule has 1 aromatic heterocycles. The Balaban J connectivity index is 2.00. The molecule has 10 heteroatoms. The molecule has 0 saturated carbocycles. The molecule has 0 spiro atoms. The lowest BCUT2D eigenvalue weighted by atomic mass is 10.3. The van der Waals surface area contributed by atoms with Gasteiger partial charge in [-0.3, -0.25) is 9.59 Å². The number of sulfonamides is 1. The quantitative estimate of drug-likeness (QED) is 0.585. The summed E-state index contributed by atoms with van der Waals surface area (Å²) < 4.78 is 38.5. The smallest absolute Gasteiger partial charge is 0.251 e. The van der Waals surface area contributed by atoms with Crippen LogP contribution in [-0.2, 0) is 30.8 Å². The van der Waals surface area contributed by atoms with Gasteiger partial charge in [0.05, 0.1) is 24.2 Å². The Kier molecular flexibility index (Phi) is 8.17. The van der Waals surface area contributed by atoms with Crippen molar-refractivity contribution in [2.24, 2.45) is 0 Å². The maximum atomic E-state index is 12.6. The van der Waals surface area contributed by atoms with Crippen LogP contribution < -0.4 is 10.9 Å². The molecule has 0 aliphatic carbocycles. The molecule has 1 aromatic rings. The van der Waals surface area contributed by atoms with Gasteiger partial charge < -0.3 is 19.4 Å². The number of hydrogen-bond acceptors (Lipinski definition) is 6.